The molecule has 1 aromatic heterocycles. The number of rotatable bonds is 1. The SMILES string of the molecule is CC(C)(C)OC(=O)N(C(=O)OC(C)(C)C)c1cc(Cl)c2cccc(C(F)(F)F)c2n1. The minimum Gasteiger partial charge on any atom is -0.443 e. The van der Waals surface area contributed by atoms with Crippen LogP contribution in [0.2, 0.25) is 5.02 Å². The summed E-state index contributed by atoms with van der Waals surface area (Å²) >= 11 is 6.17. The number of benzene rings is 1. The molecule has 10 heteroatoms. The van der Waals surface area contributed by atoms with Crippen LogP contribution in [-0.2, 0) is 15.7 Å². The summed E-state index contributed by atoms with van der Waals surface area (Å²) < 4.78 is 50.8. The van der Waals surface area contributed by atoms with Crippen molar-refractivity contribution in [2.75, 3.05) is 4.90 Å². The van der Waals surface area contributed by atoms with Gasteiger partial charge in [-0.05, 0) is 47.6 Å². The second kappa shape index (κ2) is 7.94. The predicted octanol–water partition coefficient (Wildman–Crippen LogP) is 6.58. The zero-order chi connectivity index (χ0) is 23.1. The smallest absolute Gasteiger partial charge is 0.425 e. The van der Waals surface area contributed by atoms with E-state index in [0.717, 1.165) is 12.1 Å². The highest BCUT2D eigenvalue weighted by molar-refractivity contribution is 6.36. The number of para-hydroxylation sites is 1. The fraction of sp³-hybridized carbons (Fsp3) is 0.450. The maximum absolute atomic E-state index is 13.5. The number of carbonyl (C=O) groups excluding carboxylic acids is 2. The van der Waals surface area contributed by atoms with Gasteiger partial charge in [0.1, 0.15) is 11.2 Å². The molecule has 0 unspecified atom stereocenters. The number of amides is 2. The van der Waals surface area contributed by atoms with E-state index in [0.29, 0.717) is 4.90 Å². The van der Waals surface area contributed by atoms with Crippen LogP contribution in [0.4, 0.5) is 28.6 Å². The van der Waals surface area contributed by atoms with E-state index >= 15 is 0 Å². The molecule has 0 saturated carbocycles. The van der Waals surface area contributed by atoms with E-state index in [2.05, 4.69) is 4.98 Å². The number of hydrogen-bond donors (Lipinski definition) is 0. The lowest BCUT2D eigenvalue weighted by Gasteiger charge is -2.28. The molecule has 2 aromatic rings. The van der Waals surface area contributed by atoms with Crippen LogP contribution in [0.25, 0.3) is 10.9 Å². The summed E-state index contributed by atoms with van der Waals surface area (Å²) in [6, 6.07) is 4.49. The Kier molecular flexibility index (Phi) is 6.28. The number of pyridine rings is 1. The van der Waals surface area contributed by atoms with Crippen LogP contribution in [0.1, 0.15) is 47.1 Å². The molecule has 164 valence electrons. The lowest BCUT2D eigenvalue weighted by atomic mass is 10.1. The van der Waals surface area contributed by atoms with E-state index in [4.69, 9.17) is 21.1 Å². The Balaban J connectivity index is 2.70. The molecule has 0 radical (unpaired) electrons. The maximum Gasteiger partial charge on any atom is 0.425 e. The van der Waals surface area contributed by atoms with Crippen molar-refractivity contribution in [3.05, 3.63) is 34.9 Å². The van der Waals surface area contributed by atoms with Crippen LogP contribution in [-0.4, -0.2) is 28.4 Å². The third-order valence-electron chi connectivity index (χ3n) is 3.46. The topological polar surface area (TPSA) is 68.7 Å². The van der Waals surface area contributed by atoms with E-state index < -0.39 is 46.5 Å². The average Bonchev–Trinajstić information content (AvgIpc) is 2.50. The summed E-state index contributed by atoms with van der Waals surface area (Å²) in [4.78, 5) is 29.8. The van der Waals surface area contributed by atoms with Gasteiger partial charge in [0.25, 0.3) is 0 Å². The van der Waals surface area contributed by atoms with Crippen molar-refractivity contribution in [2.45, 2.75) is 58.9 Å². The first-order valence-electron chi connectivity index (χ1n) is 8.92. The van der Waals surface area contributed by atoms with Gasteiger partial charge in [-0.25, -0.2) is 14.6 Å². The van der Waals surface area contributed by atoms with Crippen molar-refractivity contribution in [2.24, 2.45) is 0 Å². The fourth-order valence-electron chi connectivity index (χ4n) is 2.41. The van der Waals surface area contributed by atoms with Crippen molar-refractivity contribution in [3.63, 3.8) is 0 Å². The van der Waals surface area contributed by atoms with Gasteiger partial charge in [-0.3, -0.25) is 0 Å². The number of alkyl halides is 3. The Bertz CT molecular complexity index is 951. The number of anilines is 1. The minimum atomic E-state index is -4.73. The summed E-state index contributed by atoms with van der Waals surface area (Å²) in [5.41, 5.74) is -3.55. The number of hydrogen-bond acceptors (Lipinski definition) is 5. The highest BCUT2D eigenvalue weighted by atomic mass is 35.5. The lowest BCUT2D eigenvalue weighted by Crippen LogP contribution is -2.44. The quantitative estimate of drug-likeness (QED) is 0.494. The molecular formula is C20H22ClF3N2O4. The van der Waals surface area contributed by atoms with Gasteiger partial charge in [-0.1, -0.05) is 23.7 Å². The summed E-state index contributed by atoms with van der Waals surface area (Å²) in [6.45, 7) is 9.42. The van der Waals surface area contributed by atoms with Crippen LogP contribution >= 0.6 is 11.6 Å². The minimum absolute atomic E-state index is 0.0172. The molecule has 1 aromatic carbocycles. The van der Waals surface area contributed by atoms with Crippen molar-refractivity contribution >= 4 is 40.5 Å². The van der Waals surface area contributed by atoms with Crippen molar-refractivity contribution in [3.8, 4) is 0 Å². The van der Waals surface area contributed by atoms with Crippen molar-refractivity contribution in [1.29, 1.82) is 0 Å². The third kappa shape index (κ3) is 5.75. The molecular weight excluding hydrogens is 425 g/mol. The maximum atomic E-state index is 13.5. The third-order valence-corrected chi connectivity index (χ3v) is 3.77. The number of carbonyl (C=O) groups is 2. The Morgan fingerprint density at radius 2 is 1.47 bits per heavy atom. The number of halogens is 4. The largest absolute Gasteiger partial charge is 0.443 e. The van der Waals surface area contributed by atoms with Gasteiger partial charge < -0.3 is 9.47 Å². The number of ether oxygens (including phenoxy) is 2. The van der Waals surface area contributed by atoms with Gasteiger partial charge in [-0.2, -0.15) is 18.1 Å². The Hall–Kier alpha value is -2.55. The molecule has 30 heavy (non-hydrogen) atoms. The predicted molar refractivity (Wildman–Crippen MR) is 107 cm³/mol. The number of nitrogens with zero attached hydrogens (tertiary/aromatic N) is 2. The van der Waals surface area contributed by atoms with Crippen LogP contribution in [0.3, 0.4) is 0 Å². The van der Waals surface area contributed by atoms with Gasteiger partial charge in [0.2, 0.25) is 0 Å². The molecule has 2 rings (SSSR count). The van der Waals surface area contributed by atoms with Crippen LogP contribution in [0.15, 0.2) is 24.3 Å². The second-order valence-corrected chi connectivity index (χ2v) is 8.87. The van der Waals surface area contributed by atoms with E-state index in [1.54, 1.807) is 41.5 Å². The Labute approximate surface area is 176 Å². The van der Waals surface area contributed by atoms with E-state index in [1.807, 2.05) is 0 Å². The molecule has 0 aliphatic heterocycles. The van der Waals surface area contributed by atoms with E-state index in [9.17, 15) is 22.8 Å². The van der Waals surface area contributed by atoms with Gasteiger partial charge in [-0.15, -0.1) is 0 Å². The first-order valence-corrected chi connectivity index (χ1v) is 9.30. The first kappa shape index (κ1) is 23.7. The van der Waals surface area contributed by atoms with Crippen molar-refractivity contribution < 1.29 is 32.2 Å². The zero-order valence-electron chi connectivity index (χ0n) is 17.3. The van der Waals surface area contributed by atoms with Gasteiger partial charge >= 0.3 is 18.4 Å². The Morgan fingerprint density at radius 3 is 1.90 bits per heavy atom. The zero-order valence-corrected chi connectivity index (χ0v) is 18.1. The van der Waals surface area contributed by atoms with Crippen molar-refractivity contribution in [1.82, 2.24) is 4.98 Å². The van der Waals surface area contributed by atoms with Gasteiger partial charge in [0.15, 0.2) is 5.82 Å². The molecule has 0 fully saturated rings. The Morgan fingerprint density at radius 1 is 0.967 bits per heavy atom. The van der Waals surface area contributed by atoms with Crippen LogP contribution in [0, 0.1) is 0 Å². The highest BCUT2D eigenvalue weighted by Crippen LogP contribution is 2.37. The lowest BCUT2D eigenvalue weighted by molar-refractivity contribution is -0.136. The molecule has 1 heterocycles. The van der Waals surface area contributed by atoms with Crippen LogP contribution < -0.4 is 4.90 Å². The highest BCUT2D eigenvalue weighted by Gasteiger charge is 2.36. The summed E-state index contributed by atoms with van der Waals surface area (Å²) in [6.07, 6.45) is -7.05. The van der Waals surface area contributed by atoms with E-state index in [-0.39, 0.29) is 10.4 Å². The average molecular weight is 447 g/mol. The molecule has 2 amide bonds. The van der Waals surface area contributed by atoms with Gasteiger partial charge in [0, 0.05) is 11.5 Å². The normalized spacial score (nSPS) is 12.6. The molecule has 0 bridgehead atoms. The first-order chi connectivity index (χ1) is 13.5. The summed E-state index contributed by atoms with van der Waals surface area (Å²) in [5, 5.41) is -0.109. The second-order valence-electron chi connectivity index (χ2n) is 8.46. The molecule has 6 nitrogen and oxygen atoms in total. The monoisotopic (exact) mass is 446 g/mol. The van der Waals surface area contributed by atoms with Crippen LogP contribution in [0.5, 0.6) is 0 Å². The number of aromatic nitrogens is 1. The summed E-state index contributed by atoms with van der Waals surface area (Å²) in [5.74, 6) is -0.451. The molecule has 0 saturated heterocycles. The summed E-state index contributed by atoms with van der Waals surface area (Å²) in [7, 11) is 0. The fourth-order valence-corrected chi connectivity index (χ4v) is 2.66. The molecule has 0 atom stereocenters. The van der Waals surface area contributed by atoms with E-state index in [1.165, 1.54) is 12.1 Å². The molecule has 0 aliphatic rings. The molecule has 0 spiro atoms. The molecule has 0 N–H and O–H groups in total. The standard InChI is InChI=1S/C20H22ClF3N2O4/c1-18(2,3)29-16(27)26(17(28)30-19(4,5)6)14-10-13(21)11-8-7-9-12(15(11)25-14)20(22,23)24/h7-10H,1-6H3. The number of fused-ring (bicyclic) bond motifs is 1. The van der Waals surface area contributed by atoms with Gasteiger partial charge in [0.05, 0.1) is 16.1 Å². The molecule has 0 aliphatic carbocycles. The number of imide groups is 1.